The number of hydrogen-bond donors (Lipinski definition) is 3. The number of urea groups is 1. The Hall–Kier alpha value is -6.24. The number of aromatic nitrogens is 1. The van der Waals surface area contributed by atoms with Crippen LogP contribution >= 0.6 is 0 Å². The number of nitrogens with one attached hydrogen (secondary N) is 2. The minimum Gasteiger partial charge on any atom is -0.497 e. The first-order chi connectivity index (χ1) is 22.6. The Morgan fingerprint density at radius 2 is 1.66 bits per heavy atom. The van der Waals surface area contributed by atoms with Crippen molar-refractivity contribution in [3.8, 4) is 5.75 Å². The fourth-order valence-electron chi connectivity index (χ4n) is 5.26. The molecule has 0 saturated heterocycles. The van der Waals surface area contributed by atoms with E-state index in [-0.39, 0.29) is 23.0 Å². The summed E-state index contributed by atoms with van der Waals surface area (Å²) in [5.74, 6) is -2.68. The van der Waals surface area contributed by atoms with Crippen LogP contribution in [0, 0.1) is 0 Å². The molecule has 1 atom stereocenters. The van der Waals surface area contributed by atoms with Gasteiger partial charge < -0.3 is 25.4 Å². The number of rotatable bonds is 9. The molecule has 0 radical (unpaired) electrons. The molecule has 2 heterocycles. The highest BCUT2D eigenvalue weighted by Gasteiger charge is 2.43. The number of aromatic carboxylic acids is 1. The average Bonchev–Trinajstić information content (AvgIpc) is 3.14. The Bertz CT molecular complexity index is 1810. The van der Waals surface area contributed by atoms with E-state index in [9.17, 15) is 29.1 Å². The minimum absolute atomic E-state index is 0.0705. The summed E-state index contributed by atoms with van der Waals surface area (Å²) >= 11 is 0. The van der Waals surface area contributed by atoms with Crippen LogP contribution in [-0.4, -0.2) is 65.6 Å². The molecule has 0 bridgehead atoms. The summed E-state index contributed by atoms with van der Waals surface area (Å²) in [6, 6.07) is 19.2. The zero-order valence-electron chi connectivity index (χ0n) is 25.8. The zero-order chi connectivity index (χ0) is 33.7. The summed E-state index contributed by atoms with van der Waals surface area (Å²) in [5.41, 5.74) is 1.52. The molecule has 3 aromatic carbocycles. The molecular formula is C34H32N6O7. The van der Waals surface area contributed by atoms with Crippen LogP contribution in [0.25, 0.3) is 0 Å². The molecule has 5 rings (SSSR count). The van der Waals surface area contributed by atoms with Crippen LogP contribution in [0.4, 0.5) is 33.2 Å². The first kappa shape index (κ1) is 32.2. The van der Waals surface area contributed by atoms with Gasteiger partial charge in [-0.1, -0.05) is 18.2 Å². The second-order valence-electron chi connectivity index (χ2n) is 10.8. The Kier molecular flexibility index (Phi) is 9.45. The number of amides is 5. The third-order valence-corrected chi connectivity index (χ3v) is 7.37. The highest BCUT2D eigenvalue weighted by atomic mass is 16.5. The number of anilines is 5. The van der Waals surface area contributed by atoms with Gasteiger partial charge in [0.2, 0.25) is 5.91 Å². The van der Waals surface area contributed by atoms with E-state index in [4.69, 9.17) is 4.74 Å². The minimum atomic E-state index is -1.79. The maximum atomic E-state index is 14.3. The first-order valence-electron chi connectivity index (χ1n) is 14.6. The number of carbonyl (C=O) groups excluding carboxylic acids is 4. The van der Waals surface area contributed by atoms with Gasteiger partial charge in [-0.05, 0) is 80.6 Å². The Balaban J connectivity index is 1.54. The molecule has 5 amide bonds. The molecule has 1 unspecified atom stereocenters. The second kappa shape index (κ2) is 13.8. The van der Waals surface area contributed by atoms with E-state index >= 15 is 0 Å². The van der Waals surface area contributed by atoms with Crippen molar-refractivity contribution in [1.82, 2.24) is 10.3 Å². The van der Waals surface area contributed by atoms with E-state index in [2.05, 4.69) is 15.6 Å². The van der Waals surface area contributed by atoms with E-state index < -0.39 is 42.3 Å². The maximum Gasteiger partial charge on any atom is 0.335 e. The van der Waals surface area contributed by atoms with Crippen molar-refractivity contribution in [2.75, 3.05) is 33.7 Å². The summed E-state index contributed by atoms with van der Waals surface area (Å²) in [7, 11) is 1.54. The molecule has 3 N–H and O–H groups in total. The first-order valence-corrected chi connectivity index (χ1v) is 14.6. The fourth-order valence-corrected chi connectivity index (χ4v) is 5.26. The molecule has 0 aliphatic carbocycles. The van der Waals surface area contributed by atoms with Gasteiger partial charge in [0.1, 0.15) is 12.3 Å². The predicted molar refractivity (Wildman–Crippen MR) is 175 cm³/mol. The highest BCUT2D eigenvalue weighted by Crippen LogP contribution is 2.38. The second-order valence-corrected chi connectivity index (χ2v) is 10.8. The van der Waals surface area contributed by atoms with Crippen LogP contribution < -0.4 is 30.1 Å². The lowest BCUT2D eigenvalue weighted by Crippen LogP contribution is -2.57. The van der Waals surface area contributed by atoms with Gasteiger partial charge in [-0.25, -0.2) is 9.59 Å². The van der Waals surface area contributed by atoms with Crippen molar-refractivity contribution in [2.45, 2.75) is 25.9 Å². The maximum absolute atomic E-state index is 14.3. The number of methoxy groups -OCH3 is 1. The summed E-state index contributed by atoms with van der Waals surface area (Å²) in [6.07, 6.45) is 2.97. The van der Waals surface area contributed by atoms with Gasteiger partial charge in [0, 0.05) is 23.6 Å². The molecule has 0 saturated carbocycles. The van der Waals surface area contributed by atoms with Crippen LogP contribution in [-0.2, 0) is 14.4 Å². The standard InChI is InChI=1S/C34H32N6O7/c1-21(2)39(24-13-15-26(47-3)16-14-24)29(41)20-38-27-11-4-5-12-28(27)40(25-10-7-17-35-19-25)32(43)30(31(38)42)37-34(46)36-23-9-6-8-22(18-23)33(44)45/h4-19,21,30H,20H2,1-3H3,(H,44,45)(H2,36,37,46). The number of para-hydroxylation sites is 2. The number of carbonyl (C=O) groups is 5. The van der Waals surface area contributed by atoms with Crippen LogP contribution in [0.2, 0.25) is 0 Å². The lowest BCUT2D eigenvalue weighted by Gasteiger charge is -2.31. The molecule has 240 valence electrons. The van der Waals surface area contributed by atoms with Crippen molar-refractivity contribution in [2.24, 2.45) is 0 Å². The average molecular weight is 637 g/mol. The summed E-state index contributed by atoms with van der Waals surface area (Å²) in [6.45, 7) is 3.21. The number of benzene rings is 3. The smallest absolute Gasteiger partial charge is 0.335 e. The molecule has 1 aromatic heterocycles. The van der Waals surface area contributed by atoms with E-state index in [0.29, 0.717) is 22.8 Å². The molecule has 4 aromatic rings. The molecule has 1 aliphatic heterocycles. The number of ether oxygens (including phenoxy) is 1. The Morgan fingerprint density at radius 3 is 2.30 bits per heavy atom. The molecule has 1 aliphatic rings. The van der Waals surface area contributed by atoms with Crippen molar-refractivity contribution >= 4 is 58.2 Å². The summed E-state index contributed by atoms with van der Waals surface area (Å²) < 4.78 is 5.25. The van der Waals surface area contributed by atoms with Gasteiger partial charge in [0.15, 0.2) is 6.04 Å². The fraction of sp³-hybridized carbons (Fsp3) is 0.176. The largest absolute Gasteiger partial charge is 0.497 e. The molecule has 47 heavy (non-hydrogen) atoms. The van der Waals surface area contributed by atoms with Gasteiger partial charge >= 0.3 is 12.0 Å². The van der Waals surface area contributed by atoms with Crippen molar-refractivity contribution in [1.29, 1.82) is 0 Å². The molecular weight excluding hydrogens is 604 g/mol. The van der Waals surface area contributed by atoms with Crippen LogP contribution in [0.15, 0.2) is 97.3 Å². The van der Waals surface area contributed by atoms with Gasteiger partial charge in [-0.3, -0.25) is 29.2 Å². The van der Waals surface area contributed by atoms with E-state index in [1.165, 1.54) is 58.5 Å². The Morgan fingerprint density at radius 1 is 0.936 bits per heavy atom. The zero-order valence-corrected chi connectivity index (χ0v) is 25.8. The van der Waals surface area contributed by atoms with Crippen molar-refractivity contribution in [3.63, 3.8) is 0 Å². The number of hydrogen-bond acceptors (Lipinski definition) is 7. The topological polar surface area (TPSA) is 161 Å². The summed E-state index contributed by atoms with van der Waals surface area (Å²) in [4.78, 5) is 75.3. The third kappa shape index (κ3) is 6.88. The van der Waals surface area contributed by atoms with E-state index in [0.717, 1.165) is 0 Å². The Labute approximate surface area is 270 Å². The lowest BCUT2D eigenvalue weighted by molar-refractivity contribution is -0.129. The lowest BCUT2D eigenvalue weighted by atomic mass is 10.2. The number of nitrogens with zero attached hydrogens (tertiary/aromatic N) is 4. The number of fused-ring (bicyclic) bond motifs is 1. The van der Waals surface area contributed by atoms with Crippen molar-refractivity contribution < 1.29 is 33.8 Å². The van der Waals surface area contributed by atoms with Gasteiger partial charge in [-0.15, -0.1) is 0 Å². The summed E-state index contributed by atoms with van der Waals surface area (Å²) in [5, 5.41) is 14.3. The monoisotopic (exact) mass is 636 g/mol. The van der Waals surface area contributed by atoms with Gasteiger partial charge in [0.05, 0.1) is 35.9 Å². The van der Waals surface area contributed by atoms with E-state index in [1.807, 2.05) is 13.8 Å². The molecule has 0 spiro atoms. The van der Waals surface area contributed by atoms with Crippen LogP contribution in [0.5, 0.6) is 5.75 Å². The van der Waals surface area contributed by atoms with E-state index in [1.54, 1.807) is 60.7 Å². The number of carboxylic acid groups (broad SMARTS) is 1. The number of carboxylic acids is 1. The van der Waals surface area contributed by atoms with Crippen molar-refractivity contribution in [3.05, 3.63) is 103 Å². The molecule has 13 nitrogen and oxygen atoms in total. The molecule has 13 heteroatoms. The third-order valence-electron chi connectivity index (χ3n) is 7.37. The van der Waals surface area contributed by atoms with Gasteiger partial charge in [0.25, 0.3) is 11.8 Å². The normalized spacial score (nSPS) is 14.3. The SMILES string of the molecule is COc1ccc(N(C(=O)CN2C(=O)C(NC(=O)Nc3cccc(C(=O)O)c3)C(=O)N(c3cccnc3)c3ccccc32)C(C)C)cc1. The molecule has 0 fully saturated rings. The quantitative estimate of drug-likeness (QED) is 0.227. The van der Waals surface area contributed by atoms with Crippen LogP contribution in [0.3, 0.4) is 0 Å². The highest BCUT2D eigenvalue weighted by molar-refractivity contribution is 6.25. The van der Waals surface area contributed by atoms with Gasteiger partial charge in [-0.2, -0.15) is 0 Å². The predicted octanol–water partition coefficient (Wildman–Crippen LogP) is 4.43. The van der Waals surface area contributed by atoms with Crippen LogP contribution in [0.1, 0.15) is 24.2 Å². The number of pyridine rings is 1.